The largest absolute Gasteiger partial charge is 0.466 e. The Labute approximate surface area is 162 Å². The standard InChI is InChI=1S/C17H25N5O6/c1-3-26-17(23)12-4-6-21(7-5-12)16-14(22(24)25)15(18-11-19-16)20(2)10-13-27-8-9-28-13/h11-13H,3-10H2,1-2H3. The predicted molar refractivity (Wildman–Crippen MR) is 99.2 cm³/mol. The van der Waals surface area contributed by atoms with Gasteiger partial charge in [0, 0.05) is 20.1 Å². The lowest BCUT2D eigenvalue weighted by molar-refractivity contribution is -0.383. The fourth-order valence-corrected chi connectivity index (χ4v) is 3.44. The van der Waals surface area contributed by atoms with Gasteiger partial charge in [-0.05, 0) is 19.8 Å². The van der Waals surface area contributed by atoms with Gasteiger partial charge in [-0.25, -0.2) is 9.97 Å². The van der Waals surface area contributed by atoms with E-state index in [1.807, 2.05) is 4.90 Å². The van der Waals surface area contributed by atoms with Gasteiger partial charge >= 0.3 is 11.7 Å². The second-order valence-corrected chi connectivity index (χ2v) is 6.69. The first-order valence-corrected chi connectivity index (χ1v) is 9.36. The molecule has 2 aliphatic rings. The molecule has 0 saturated carbocycles. The van der Waals surface area contributed by atoms with Crippen molar-refractivity contribution in [2.75, 3.05) is 56.3 Å². The first-order valence-electron chi connectivity index (χ1n) is 9.36. The zero-order valence-electron chi connectivity index (χ0n) is 16.1. The van der Waals surface area contributed by atoms with Crippen molar-refractivity contribution in [1.82, 2.24) is 9.97 Å². The molecule has 28 heavy (non-hydrogen) atoms. The molecule has 2 saturated heterocycles. The highest BCUT2D eigenvalue weighted by atomic mass is 16.7. The van der Waals surface area contributed by atoms with Crippen LogP contribution in [-0.4, -0.2) is 73.7 Å². The number of nitro groups is 1. The summed E-state index contributed by atoms with van der Waals surface area (Å²) in [7, 11) is 1.71. The number of piperidine rings is 1. The summed E-state index contributed by atoms with van der Waals surface area (Å²) < 4.78 is 15.9. The Morgan fingerprint density at radius 1 is 1.36 bits per heavy atom. The summed E-state index contributed by atoms with van der Waals surface area (Å²) in [6, 6.07) is 0. The Hall–Kier alpha value is -2.53. The van der Waals surface area contributed by atoms with Crippen molar-refractivity contribution in [2.45, 2.75) is 26.1 Å². The van der Waals surface area contributed by atoms with E-state index < -0.39 is 11.2 Å². The molecule has 2 aliphatic heterocycles. The van der Waals surface area contributed by atoms with Gasteiger partial charge in [0.15, 0.2) is 6.29 Å². The molecule has 0 aromatic carbocycles. The van der Waals surface area contributed by atoms with Crippen LogP contribution in [0.4, 0.5) is 17.3 Å². The highest BCUT2D eigenvalue weighted by molar-refractivity contribution is 5.74. The fraction of sp³-hybridized carbons (Fsp3) is 0.706. The second-order valence-electron chi connectivity index (χ2n) is 6.69. The van der Waals surface area contributed by atoms with Gasteiger partial charge in [-0.2, -0.15) is 0 Å². The Morgan fingerprint density at radius 2 is 2.04 bits per heavy atom. The summed E-state index contributed by atoms with van der Waals surface area (Å²) in [5.74, 6) is 0.0752. The van der Waals surface area contributed by atoms with Gasteiger partial charge in [-0.3, -0.25) is 14.9 Å². The maximum atomic E-state index is 11.9. The van der Waals surface area contributed by atoms with Crippen molar-refractivity contribution < 1.29 is 23.9 Å². The lowest BCUT2D eigenvalue weighted by atomic mass is 9.97. The zero-order valence-corrected chi connectivity index (χ0v) is 16.1. The van der Waals surface area contributed by atoms with Crippen LogP contribution in [0.1, 0.15) is 19.8 Å². The van der Waals surface area contributed by atoms with Crippen LogP contribution in [0.5, 0.6) is 0 Å². The molecule has 11 heteroatoms. The summed E-state index contributed by atoms with van der Waals surface area (Å²) in [5, 5.41) is 11.8. The number of likely N-dealkylation sites (N-methyl/N-ethyl adjacent to an activating group) is 1. The van der Waals surface area contributed by atoms with E-state index in [1.54, 1.807) is 18.9 Å². The summed E-state index contributed by atoms with van der Waals surface area (Å²) in [6.07, 6.45) is 2.01. The van der Waals surface area contributed by atoms with E-state index in [4.69, 9.17) is 14.2 Å². The number of nitrogens with zero attached hydrogens (tertiary/aromatic N) is 5. The lowest BCUT2D eigenvalue weighted by Gasteiger charge is -2.31. The van der Waals surface area contributed by atoms with Crippen LogP contribution < -0.4 is 9.80 Å². The molecule has 2 fully saturated rings. The number of carbonyl (C=O) groups excluding carboxylic acids is 1. The highest BCUT2D eigenvalue weighted by Crippen LogP contribution is 2.35. The second kappa shape index (κ2) is 9.11. The predicted octanol–water partition coefficient (Wildman–Crippen LogP) is 0.973. The van der Waals surface area contributed by atoms with Gasteiger partial charge < -0.3 is 24.0 Å². The quantitative estimate of drug-likeness (QED) is 0.375. The molecule has 0 unspecified atom stereocenters. The average molecular weight is 395 g/mol. The number of rotatable bonds is 7. The third-order valence-corrected chi connectivity index (χ3v) is 4.86. The topological polar surface area (TPSA) is 120 Å². The molecule has 3 heterocycles. The maximum absolute atomic E-state index is 11.9. The van der Waals surface area contributed by atoms with Crippen molar-refractivity contribution in [3.8, 4) is 0 Å². The molecule has 0 atom stereocenters. The van der Waals surface area contributed by atoms with Crippen LogP contribution in [0.25, 0.3) is 0 Å². The smallest absolute Gasteiger partial charge is 0.353 e. The zero-order chi connectivity index (χ0) is 20.1. The van der Waals surface area contributed by atoms with Crippen LogP contribution in [0.15, 0.2) is 6.33 Å². The number of anilines is 2. The maximum Gasteiger partial charge on any atom is 0.353 e. The van der Waals surface area contributed by atoms with E-state index in [1.165, 1.54) is 6.33 Å². The van der Waals surface area contributed by atoms with Crippen molar-refractivity contribution in [3.63, 3.8) is 0 Å². The average Bonchev–Trinajstić information content (AvgIpc) is 3.20. The number of esters is 1. The van der Waals surface area contributed by atoms with Crippen LogP contribution in [-0.2, 0) is 19.0 Å². The highest BCUT2D eigenvalue weighted by Gasteiger charge is 2.33. The van der Waals surface area contributed by atoms with E-state index in [9.17, 15) is 14.9 Å². The van der Waals surface area contributed by atoms with Crippen molar-refractivity contribution >= 4 is 23.3 Å². The van der Waals surface area contributed by atoms with Gasteiger partial charge in [0.1, 0.15) is 6.33 Å². The SMILES string of the molecule is CCOC(=O)C1CCN(c2ncnc(N(C)CC3OCCO3)c2[N+](=O)[O-])CC1. The molecule has 154 valence electrons. The number of aromatic nitrogens is 2. The van der Waals surface area contributed by atoms with E-state index in [0.29, 0.717) is 52.3 Å². The monoisotopic (exact) mass is 395 g/mol. The molecule has 1 aromatic rings. The fourth-order valence-electron chi connectivity index (χ4n) is 3.44. The van der Waals surface area contributed by atoms with Crippen molar-refractivity contribution in [1.29, 1.82) is 0 Å². The summed E-state index contributed by atoms with van der Waals surface area (Å²) in [4.78, 5) is 35.0. The Balaban J connectivity index is 1.76. The first-order chi connectivity index (χ1) is 13.5. The molecule has 1 aromatic heterocycles. The molecule has 0 amide bonds. The number of hydrogen-bond acceptors (Lipinski definition) is 10. The number of hydrogen-bond donors (Lipinski definition) is 0. The minimum Gasteiger partial charge on any atom is -0.466 e. The first kappa shape index (κ1) is 20.2. The van der Waals surface area contributed by atoms with Gasteiger partial charge in [-0.1, -0.05) is 0 Å². The summed E-state index contributed by atoms with van der Waals surface area (Å²) >= 11 is 0. The van der Waals surface area contributed by atoms with Gasteiger partial charge in [-0.15, -0.1) is 0 Å². The molecule has 11 nitrogen and oxygen atoms in total. The number of carbonyl (C=O) groups is 1. The molecule has 0 radical (unpaired) electrons. The van der Waals surface area contributed by atoms with Gasteiger partial charge in [0.05, 0.1) is 37.2 Å². The van der Waals surface area contributed by atoms with E-state index in [2.05, 4.69) is 9.97 Å². The number of ether oxygens (including phenoxy) is 3. The van der Waals surface area contributed by atoms with E-state index >= 15 is 0 Å². The normalized spacial score (nSPS) is 18.3. The molecule has 3 rings (SSSR count). The lowest BCUT2D eigenvalue weighted by Crippen LogP contribution is -2.38. The van der Waals surface area contributed by atoms with Crippen molar-refractivity contribution in [2.24, 2.45) is 5.92 Å². The third-order valence-electron chi connectivity index (χ3n) is 4.86. The summed E-state index contributed by atoms with van der Waals surface area (Å²) in [5.41, 5.74) is -0.155. The van der Waals surface area contributed by atoms with Crippen LogP contribution in [0.2, 0.25) is 0 Å². The van der Waals surface area contributed by atoms with Gasteiger partial charge in [0.2, 0.25) is 11.6 Å². The molecular formula is C17H25N5O6. The minimum absolute atomic E-state index is 0.155. The minimum atomic E-state index is -0.463. The van der Waals surface area contributed by atoms with Crippen molar-refractivity contribution in [3.05, 3.63) is 16.4 Å². The summed E-state index contributed by atoms with van der Waals surface area (Å²) in [6.45, 7) is 4.43. The van der Waals surface area contributed by atoms with Crippen LogP contribution in [0, 0.1) is 16.0 Å². The van der Waals surface area contributed by atoms with Gasteiger partial charge in [0.25, 0.3) is 0 Å². The molecule has 0 N–H and O–H groups in total. The Bertz CT molecular complexity index is 703. The Morgan fingerprint density at radius 3 is 2.64 bits per heavy atom. The molecule has 0 aliphatic carbocycles. The van der Waals surface area contributed by atoms with E-state index in [-0.39, 0.29) is 29.2 Å². The molecule has 0 bridgehead atoms. The van der Waals surface area contributed by atoms with Crippen LogP contribution in [0.3, 0.4) is 0 Å². The Kier molecular flexibility index (Phi) is 6.57. The van der Waals surface area contributed by atoms with E-state index in [0.717, 1.165) is 0 Å². The molecular weight excluding hydrogens is 370 g/mol. The third kappa shape index (κ3) is 4.47. The molecule has 0 spiro atoms. The van der Waals surface area contributed by atoms with Crippen LogP contribution >= 0.6 is 0 Å².